The molecule has 0 bridgehead atoms. The van der Waals surface area contributed by atoms with E-state index < -0.39 is 32.4 Å². The van der Waals surface area contributed by atoms with Gasteiger partial charge < -0.3 is 4.74 Å². The molecule has 1 saturated heterocycles. The molecule has 0 aromatic heterocycles. The molecule has 2 aromatic carbocycles. The molecule has 0 radical (unpaired) electrons. The molecule has 30 heavy (non-hydrogen) atoms. The molecular formula is C21H26O7S2. The van der Waals surface area contributed by atoms with Crippen LogP contribution in [0.3, 0.4) is 0 Å². The first kappa shape index (κ1) is 22.9. The van der Waals surface area contributed by atoms with Gasteiger partial charge in [0.15, 0.2) is 0 Å². The first-order chi connectivity index (χ1) is 14.0. The van der Waals surface area contributed by atoms with Gasteiger partial charge in [0.05, 0.1) is 22.5 Å². The maximum atomic E-state index is 12.7. The van der Waals surface area contributed by atoms with Crippen LogP contribution >= 0.6 is 0 Å². The van der Waals surface area contributed by atoms with Crippen LogP contribution in [0.1, 0.15) is 25.0 Å². The molecule has 7 nitrogen and oxygen atoms in total. The molecule has 0 amide bonds. The predicted octanol–water partition coefficient (Wildman–Crippen LogP) is 3.21. The van der Waals surface area contributed by atoms with Gasteiger partial charge in [-0.2, -0.15) is 16.8 Å². The molecule has 1 unspecified atom stereocenters. The van der Waals surface area contributed by atoms with E-state index in [1.807, 2.05) is 13.8 Å². The van der Waals surface area contributed by atoms with Crippen molar-refractivity contribution in [3.8, 4) is 0 Å². The fraction of sp³-hybridized carbons (Fsp3) is 0.429. The Morgan fingerprint density at radius 2 is 1.27 bits per heavy atom. The van der Waals surface area contributed by atoms with Gasteiger partial charge in [-0.3, -0.25) is 8.37 Å². The average molecular weight is 455 g/mol. The molecule has 1 heterocycles. The molecule has 0 aliphatic carbocycles. The van der Waals surface area contributed by atoms with Crippen LogP contribution in [-0.4, -0.2) is 41.8 Å². The highest BCUT2D eigenvalue weighted by molar-refractivity contribution is 7.87. The summed E-state index contributed by atoms with van der Waals surface area (Å²) in [5.41, 5.74) is 1.85. The normalized spacial score (nSPS) is 24.8. The topological polar surface area (TPSA) is 96.0 Å². The Balaban J connectivity index is 1.75. The summed E-state index contributed by atoms with van der Waals surface area (Å²) in [6.07, 6.45) is -2.05. The average Bonchev–Trinajstić information content (AvgIpc) is 2.94. The largest absolute Gasteiger partial charge is 0.370 e. The predicted molar refractivity (Wildman–Crippen MR) is 111 cm³/mol. The second kappa shape index (κ2) is 8.76. The summed E-state index contributed by atoms with van der Waals surface area (Å²) >= 11 is 0. The highest BCUT2D eigenvalue weighted by Crippen LogP contribution is 2.32. The second-order valence-corrected chi connectivity index (χ2v) is 10.8. The lowest BCUT2D eigenvalue weighted by Gasteiger charge is -2.21. The zero-order chi connectivity index (χ0) is 22.1. The number of rotatable bonds is 7. The van der Waals surface area contributed by atoms with Crippen molar-refractivity contribution in [1.29, 1.82) is 0 Å². The van der Waals surface area contributed by atoms with Crippen molar-refractivity contribution >= 4 is 20.2 Å². The molecule has 0 N–H and O–H groups in total. The highest BCUT2D eigenvalue weighted by Gasteiger charge is 2.44. The quantitative estimate of drug-likeness (QED) is 0.593. The van der Waals surface area contributed by atoms with E-state index in [1.54, 1.807) is 38.1 Å². The number of benzene rings is 2. The smallest absolute Gasteiger partial charge is 0.297 e. The first-order valence-corrected chi connectivity index (χ1v) is 12.4. The number of ether oxygens (including phenoxy) is 1. The zero-order valence-electron chi connectivity index (χ0n) is 17.3. The van der Waals surface area contributed by atoms with E-state index in [1.165, 1.54) is 24.3 Å². The first-order valence-electron chi connectivity index (χ1n) is 9.61. The molecule has 0 spiro atoms. The Labute approximate surface area is 178 Å². The molecule has 1 fully saturated rings. The Hall–Kier alpha value is -1.78. The molecule has 1 aliphatic rings. The lowest BCUT2D eigenvalue weighted by Crippen LogP contribution is -2.35. The van der Waals surface area contributed by atoms with Gasteiger partial charge in [-0.15, -0.1) is 0 Å². The number of aryl methyl sites for hydroxylation is 2. The molecule has 2 aromatic rings. The van der Waals surface area contributed by atoms with Crippen molar-refractivity contribution in [2.24, 2.45) is 5.92 Å². The molecule has 1 aliphatic heterocycles. The summed E-state index contributed by atoms with van der Waals surface area (Å²) in [6, 6.07) is 12.6. The third-order valence-electron chi connectivity index (χ3n) is 5.26. The minimum Gasteiger partial charge on any atom is -0.370 e. The van der Waals surface area contributed by atoms with Crippen molar-refractivity contribution in [1.82, 2.24) is 0 Å². The van der Waals surface area contributed by atoms with Crippen LogP contribution < -0.4 is 0 Å². The van der Waals surface area contributed by atoms with Crippen LogP contribution in [-0.2, 0) is 33.3 Å². The van der Waals surface area contributed by atoms with Gasteiger partial charge in [0.2, 0.25) is 0 Å². The Morgan fingerprint density at radius 1 is 0.800 bits per heavy atom. The van der Waals surface area contributed by atoms with Crippen LogP contribution in [0, 0.1) is 19.8 Å². The van der Waals surface area contributed by atoms with Gasteiger partial charge in [0.25, 0.3) is 20.2 Å². The minimum atomic E-state index is -4.05. The SMILES string of the molecule is Cc1ccc(S(=O)(=O)OC[C@H]2O[C@@H](C)C(C)[C@@H]2OS(=O)(=O)c2ccc(C)cc2)cc1. The van der Waals surface area contributed by atoms with E-state index in [9.17, 15) is 16.8 Å². The van der Waals surface area contributed by atoms with Crippen molar-refractivity contribution in [3.05, 3.63) is 59.7 Å². The van der Waals surface area contributed by atoms with Gasteiger partial charge in [0.1, 0.15) is 12.2 Å². The molecule has 4 atom stereocenters. The summed E-state index contributed by atoms with van der Waals surface area (Å²) in [5.74, 6) is -0.277. The Morgan fingerprint density at radius 3 is 1.77 bits per heavy atom. The van der Waals surface area contributed by atoms with E-state index in [4.69, 9.17) is 13.1 Å². The van der Waals surface area contributed by atoms with Crippen LogP contribution in [0.15, 0.2) is 58.3 Å². The van der Waals surface area contributed by atoms with Crippen molar-refractivity contribution in [2.45, 2.75) is 55.8 Å². The Bertz CT molecular complexity index is 1080. The number of hydrogen-bond donors (Lipinski definition) is 0. The van der Waals surface area contributed by atoms with E-state index in [2.05, 4.69) is 0 Å². The summed E-state index contributed by atoms with van der Waals surface area (Å²) in [7, 11) is -8.05. The van der Waals surface area contributed by atoms with Gasteiger partial charge in [0, 0.05) is 5.92 Å². The van der Waals surface area contributed by atoms with Gasteiger partial charge in [-0.25, -0.2) is 0 Å². The standard InChI is InChI=1S/C21H26O7S2/c1-14-5-9-18(10-6-14)29(22,23)26-13-20-21(16(3)17(4)27-20)28-30(24,25)19-11-7-15(2)8-12-19/h5-12,16-17,20-21H,13H2,1-4H3/t16?,17-,20+,21-/m0/s1. The van der Waals surface area contributed by atoms with E-state index in [0.717, 1.165) is 11.1 Å². The van der Waals surface area contributed by atoms with Gasteiger partial charge in [-0.1, -0.05) is 42.3 Å². The maximum absolute atomic E-state index is 12.7. The minimum absolute atomic E-state index is 0.0249. The van der Waals surface area contributed by atoms with E-state index >= 15 is 0 Å². The van der Waals surface area contributed by atoms with E-state index in [-0.39, 0.29) is 28.4 Å². The fourth-order valence-electron chi connectivity index (χ4n) is 3.20. The Kier molecular flexibility index (Phi) is 6.69. The lowest BCUT2D eigenvalue weighted by atomic mass is 10.00. The monoisotopic (exact) mass is 454 g/mol. The van der Waals surface area contributed by atoms with Crippen LogP contribution in [0.4, 0.5) is 0 Å². The molecule has 0 saturated carbocycles. The summed E-state index contributed by atoms with van der Waals surface area (Å²) in [6.45, 7) is 6.94. The third kappa shape index (κ3) is 5.09. The van der Waals surface area contributed by atoms with Crippen molar-refractivity contribution in [3.63, 3.8) is 0 Å². The molecule has 3 rings (SSSR count). The summed E-state index contributed by atoms with van der Waals surface area (Å²) < 4.78 is 66.8. The fourth-order valence-corrected chi connectivity index (χ4v) is 5.29. The highest BCUT2D eigenvalue weighted by atomic mass is 32.2. The molecule has 164 valence electrons. The number of hydrogen-bond acceptors (Lipinski definition) is 7. The van der Waals surface area contributed by atoms with Crippen molar-refractivity contribution < 1.29 is 29.9 Å². The van der Waals surface area contributed by atoms with Crippen molar-refractivity contribution in [2.75, 3.05) is 6.61 Å². The van der Waals surface area contributed by atoms with Crippen LogP contribution in [0.25, 0.3) is 0 Å². The van der Waals surface area contributed by atoms with Crippen LogP contribution in [0.2, 0.25) is 0 Å². The van der Waals surface area contributed by atoms with Crippen LogP contribution in [0.5, 0.6) is 0 Å². The summed E-state index contributed by atoms with van der Waals surface area (Å²) in [5, 5.41) is 0. The molecule has 9 heteroatoms. The van der Waals surface area contributed by atoms with Gasteiger partial charge >= 0.3 is 0 Å². The second-order valence-electron chi connectivity index (χ2n) is 7.62. The van der Waals surface area contributed by atoms with E-state index in [0.29, 0.717) is 0 Å². The zero-order valence-corrected chi connectivity index (χ0v) is 18.9. The lowest BCUT2D eigenvalue weighted by molar-refractivity contribution is -0.00188. The third-order valence-corrected chi connectivity index (χ3v) is 7.88. The summed E-state index contributed by atoms with van der Waals surface area (Å²) in [4.78, 5) is 0.0590. The molecular weight excluding hydrogens is 428 g/mol. The maximum Gasteiger partial charge on any atom is 0.297 e. The van der Waals surface area contributed by atoms with Gasteiger partial charge in [-0.05, 0) is 45.0 Å².